The van der Waals surface area contributed by atoms with Crippen molar-refractivity contribution >= 4 is 17.5 Å². The standard InChI is InChI=1S/C18H15N5OS/c1-13-7-5-6-10-16(13)23-18(20-21-22-23)25-12-17(24)15(11-19)14-8-3-2-4-9-14/h2-10,15H,12H2,1H3/t15-/m0/s1. The lowest BCUT2D eigenvalue weighted by Crippen LogP contribution is -2.14. The van der Waals surface area contributed by atoms with Crippen LogP contribution < -0.4 is 0 Å². The van der Waals surface area contributed by atoms with Crippen molar-refractivity contribution in [1.29, 1.82) is 5.26 Å². The summed E-state index contributed by atoms with van der Waals surface area (Å²) in [5.41, 5.74) is 2.60. The van der Waals surface area contributed by atoms with E-state index in [1.54, 1.807) is 16.8 Å². The molecule has 6 nitrogen and oxygen atoms in total. The van der Waals surface area contributed by atoms with Crippen LogP contribution in [-0.4, -0.2) is 31.7 Å². The van der Waals surface area contributed by atoms with Gasteiger partial charge in [0.25, 0.3) is 0 Å². The number of hydrogen-bond donors (Lipinski definition) is 0. The number of carbonyl (C=O) groups excluding carboxylic acids is 1. The molecule has 0 saturated carbocycles. The zero-order valence-electron chi connectivity index (χ0n) is 13.5. The Morgan fingerprint density at radius 2 is 1.92 bits per heavy atom. The Kier molecular flexibility index (Phi) is 5.21. The number of aromatic nitrogens is 4. The van der Waals surface area contributed by atoms with Gasteiger partial charge < -0.3 is 0 Å². The van der Waals surface area contributed by atoms with Gasteiger partial charge in [-0.25, -0.2) is 0 Å². The van der Waals surface area contributed by atoms with Gasteiger partial charge in [0.1, 0.15) is 5.92 Å². The van der Waals surface area contributed by atoms with Crippen molar-refractivity contribution in [2.24, 2.45) is 0 Å². The quantitative estimate of drug-likeness (QED) is 0.636. The number of thioether (sulfide) groups is 1. The van der Waals surface area contributed by atoms with E-state index in [1.807, 2.05) is 49.4 Å². The summed E-state index contributed by atoms with van der Waals surface area (Å²) >= 11 is 1.23. The zero-order valence-corrected chi connectivity index (χ0v) is 14.3. The molecule has 1 aromatic heterocycles. The number of Topliss-reactive ketones (excluding diaryl/α,β-unsaturated/α-hetero) is 1. The fourth-order valence-electron chi connectivity index (χ4n) is 2.42. The largest absolute Gasteiger partial charge is 0.297 e. The number of nitrogens with zero attached hydrogens (tertiary/aromatic N) is 5. The Morgan fingerprint density at radius 3 is 2.64 bits per heavy atom. The van der Waals surface area contributed by atoms with Crippen molar-refractivity contribution in [1.82, 2.24) is 20.2 Å². The average molecular weight is 349 g/mol. The van der Waals surface area contributed by atoms with Gasteiger partial charge in [0.05, 0.1) is 17.5 Å². The van der Waals surface area contributed by atoms with Crippen LogP contribution in [0.5, 0.6) is 0 Å². The van der Waals surface area contributed by atoms with Gasteiger partial charge in [-0.05, 0) is 34.5 Å². The lowest BCUT2D eigenvalue weighted by molar-refractivity contribution is -0.116. The maximum Gasteiger partial charge on any atom is 0.214 e. The summed E-state index contributed by atoms with van der Waals surface area (Å²) in [7, 11) is 0. The number of rotatable bonds is 6. The zero-order chi connectivity index (χ0) is 17.6. The van der Waals surface area contributed by atoms with Crippen LogP contribution in [0, 0.1) is 18.3 Å². The van der Waals surface area contributed by atoms with Gasteiger partial charge >= 0.3 is 0 Å². The molecule has 2 aromatic carbocycles. The SMILES string of the molecule is Cc1ccccc1-n1nnnc1SCC(=O)[C@@H](C#N)c1ccccc1. The molecular formula is C18H15N5OS. The van der Waals surface area contributed by atoms with Crippen molar-refractivity contribution in [2.75, 3.05) is 5.75 Å². The van der Waals surface area contributed by atoms with Gasteiger partial charge in [-0.1, -0.05) is 60.3 Å². The number of benzene rings is 2. The summed E-state index contributed by atoms with van der Waals surface area (Å²) in [6.07, 6.45) is 0. The average Bonchev–Trinajstić information content (AvgIpc) is 3.10. The van der Waals surface area contributed by atoms with E-state index in [-0.39, 0.29) is 11.5 Å². The van der Waals surface area contributed by atoms with E-state index in [1.165, 1.54) is 11.8 Å². The molecule has 7 heteroatoms. The Labute approximate surface area is 149 Å². The van der Waals surface area contributed by atoms with Gasteiger partial charge in [-0.2, -0.15) is 9.94 Å². The molecule has 1 atom stereocenters. The normalized spacial score (nSPS) is 11.7. The Balaban J connectivity index is 1.75. The van der Waals surface area contributed by atoms with Crippen molar-refractivity contribution < 1.29 is 4.79 Å². The van der Waals surface area contributed by atoms with Gasteiger partial charge in [-0.3, -0.25) is 4.79 Å². The minimum absolute atomic E-state index is 0.124. The molecule has 0 N–H and O–H groups in total. The van der Waals surface area contributed by atoms with Gasteiger partial charge in [0, 0.05) is 0 Å². The first-order valence-electron chi connectivity index (χ1n) is 7.65. The van der Waals surface area contributed by atoms with Crippen molar-refractivity contribution in [2.45, 2.75) is 18.0 Å². The van der Waals surface area contributed by atoms with Gasteiger partial charge in [0.15, 0.2) is 5.78 Å². The van der Waals surface area contributed by atoms with Crippen LogP contribution in [-0.2, 0) is 4.79 Å². The highest BCUT2D eigenvalue weighted by Gasteiger charge is 2.21. The molecule has 0 spiro atoms. The first-order chi connectivity index (χ1) is 12.2. The number of para-hydroxylation sites is 1. The maximum atomic E-state index is 12.5. The lowest BCUT2D eigenvalue weighted by Gasteiger charge is -2.09. The maximum absolute atomic E-state index is 12.5. The summed E-state index contributed by atoms with van der Waals surface area (Å²) < 4.78 is 1.61. The molecule has 0 amide bonds. The molecule has 0 aliphatic heterocycles. The molecule has 0 bridgehead atoms. The van der Waals surface area contributed by atoms with Gasteiger partial charge in [-0.15, -0.1) is 5.10 Å². The topological polar surface area (TPSA) is 84.5 Å². The number of carbonyl (C=O) groups is 1. The molecule has 0 unspecified atom stereocenters. The number of hydrogen-bond acceptors (Lipinski definition) is 6. The Hall–Kier alpha value is -2.98. The fourth-order valence-corrected chi connectivity index (χ4v) is 3.21. The van der Waals surface area contributed by atoms with Gasteiger partial charge in [0.2, 0.25) is 5.16 Å². The van der Waals surface area contributed by atoms with Crippen molar-refractivity contribution in [3.8, 4) is 11.8 Å². The lowest BCUT2D eigenvalue weighted by atomic mass is 9.97. The predicted octanol–water partition coefficient (Wildman–Crippen LogP) is 2.94. The molecule has 0 fully saturated rings. The van der Waals surface area contributed by atoms with Crippen molar-refractivity contribution in [3.05, 3.63) is 65.7 Å². The summed E-state index contributed by atoms with van der Waals surface area (Å²) in [5, 5.41) is 21.6. The molecule has 0 radical (unpaired) electrons. The van der Waals surface area contributed by atoms with Crippen LogP contribution in [0.25, 0.3) is 5.69 Å². The van der Waals surface area contributed by atoms with Crippen LogP contribution in [0.3, 0.4) is 0 Å². The van der Waals surface area contributed by atoms with Crippen LogP contribution in [0.2, 0.25) is 0 Å². The summed E-state index contributed by atoms with van der Waals surface area (Å²) in [6, 6.07) is 18.9. The summed E-state index contributed by atoms with van der Waals surface area (Å²) in [6.45, 7) is 1.97. The minimum Gasteiger partial charge on any atom is -0.297 e. The molecule has 0 saturated heterocycles. The fraction of sp³-hybridized carbons (Fsp3) is 0.167. The molecule has 0 aliphatic rings. The second-order valence-corrected chi connectivity index (χ2v) is 6.33. The first-order valence-corrected chi connectivity index (χ1v) is 8.63. The summed E-state index contributed by atoms with van der Waals surface area (Å²) in [5.74, 6) is -0.825. The van der Waals surface area contributed by atoms with E-state index in [2.05, 4.69) is 21.6 Å². The monoisotopic (exact) mass is 349 g/mol. The highest BCUT2D eigenvalue weighted by Crippen LogP contribution is 2.23. The smallest absolute Gasteiger partial charge is 0.214 e. The number of ketones is 1. The molecule has 3 rings (SSSR count). The molecule has 124 valence electrons. The van der Waals surface area contributed by atoms with Crippen molar-refractivity contribution in [3.63, 3.8) is 0 Å². The molecule has 1 heterocycles. The van der Waals surface area contributed by atoms with Crippen LogP contribution in [0.15, 0.2) is 59.8 Å². The number of nitriles is 1. The predicted molar refractivity (Wildman–Crippen MR) is 94.4 cm³/mol. The second kappa shape index (κ2) is 7.73. The van der Waals surface area contributed by atoms with Crippen LogP contribution in [0.1, 0.15) is 17.0 Å². The van der Waals surface area contributed by atoms with E-state index < -0.39 is 5.92 Å². The Morgan fingerprint density at radius 1 is 1.20 bits per heavy atom. The van der Waals surface area contributed by atoms with E-state index in [0.717, 1.165) is 11.3 Å². The van der Waals surface area contributed by atoms with E-state index in [9.17, 15) is 10.1 Å². The number of tetrazole rings is 1. The highest BCUT2D eigenvalue weighted by atomic mass is 32.2. The molecule has 25 heavy (non-hydrogen) atoms. The van der Waals surface area contributed by atoms with E-state index in [4.69, 9.17) is 0 Å². The van der Waals surface area contributed by atoms with Crippen LogP contribution >= 0.6 is 11.8 Å². The number of aryl methyl sites for hydroxylation is 1. The van der Waals surface area contributed by atoms with Crippen LogP contribution in [0.4, 0.5) is 0 Å². The molecule has 0 aliphatic carbocycles. The third kappa shape index (κ3) is 3.75. The Bertz CT molecular complexity index is 916. The molecule has 3 aromatic rings. The third-order valence-corrected chi connectivity index (χ3v) is 4.65. The first kappa shape index (κ1) is 16.9. The highest BCUT2D eigenvalue weighted by molar-refractivity contribution is 7.99. The third-order valence-electron chi connectivity index (χ3n) is 3.71. The second-order valence-electron chi connectivity index (χ2n) is 5.39. The van der Waals surface area contributed by atoms with E-state index >= 15 is 0 Å². The van der Waals surface area contributed by atoms with E-state index in [0.29, 0.717) is 10.7 Å². The summed E-state index contributed by atoms with van der Waals surface area (Å²) in [4.78, 5) is 12.5. The molecular weight excluding hydrogens is 334 g/mol. The minimum atomic E-state index is -0.781.